The Morgan fingerprint density at radius 3 is 2.35 bits per heavy atom. The molecule has 2 rings (SSSR count). The lowest BCUT2D eigenvalue weighted by Crippen LogP contribution is -2.12. The summed E-state index contributed by atoms with van der Waals surface area (Å²) in [6, 6.07) is 14.3. The predicted molar refractivity (Wildman–Crippen MR) is 98.4 cm³/mol. The first-order valence-corrected chi connectivity index (χ1v) is 8.68. The van der Waals surface area contributed by atoms with E-state index in [1.807, 2.05) is 31.3 Å². The van der Waals surface area contributed by atoms with E-state index in [9.17, 15) is 0 Å². The summed E-state index contributed by atoms with van der Waals surface area (Å²) in [4.78, 5) is 0. The molecule has 0 radical (unpaired) electrons. The average Bonchev–Trinajstić information content (AvgIpc) is 2.54. The normalized spacial score (nSPS) is 10.8. The Balaban J connectivity index is 1.83. The van der Waals surface area contributed by atoms with Crippen molar-refractivity contribution < 1.29 is 9.47 Å². The molecule has 0 amide bonds. The molecule has 0 atom stereocenters. The van der Waals surface area contributed by atoms with Crippen LogP contribution in [0.1, 0.15) is 30.9 Å². The van der Waals surface area contributed by atoms with Gasteiger partial charge in [-0.1, -0.05) is 41.9 Å². The molecule has 0 heterocycles. The molecule has 0 bridgehead atoms. The second-order valence-electron chi connectivity index (χ2n) is 5.70. The number of rotatable bonds is 8. The second kappa shape index (κ2) is 8.94. The van der Waals surface area contributed by atoms with E-state index in [4.69, 9.17) is 9.47 Å². The quantitative estimate of drug-likeness (QED) is 0.673. The van der Waals surface area contributed by atoms with Gasteiger partial charge in [-0.2, -0.15) is 0 Å². The minimum atomic E-state index is 0.518. The maximum absolute atomic E-state index is 5.84. The summed E-state index contributed by atoms with van der Waals surface area (Å²) in [5.74, 6) is 2.31. The van der Waals surface area contributed by atoms with Crippen LogP contribution in [0.25, 0.3) is 0 Å². The summed E-state index contributed by atoms with van der Waals surface area (Å²) < 4.78 is 12.6. The van der Waals surface area contributed by atoms with Gasteiger partial charge in [0.15, 0.2) is 0 Å². The largest absolute Gasteiger partial charge is 0.490 e. The van der Waals surface area contributed by atoms with Crippen molar-refractivity contribution in [1.82, 2.24) is 5.32 Å². The highest BCUT2D eigenvalue weighted by Crippen LogP contribution is 2.23. The van der Waals surface area contributed by atoms with Crippen LogP contribution >= 0.6 is 15.9 Å². The zero-order valence-corrected chi connectivity index (χ0v) is 15.5. The lowest BCUT2D eigenvalue weighted by molar-refractivity contribution is 0.215. The van der Waals surface area contributed by atoms with Crippen LogP contribution in [0, 0.1) is 0 Å². The molecule has 124 valence electrons. The fourth-order valence-electron chi connectivity index (χ4n) is 2.28. The highest BCUT2D eigenvalue weighted by molar-refractivity contribution is 9.10. The topological polar surface area (TPSA) is 30.5 Å². The van der Waals surface area contributed by atoms with E-state index in [2.05, 4.69) is 53.3 Å². The molecule has 3 nitrogen and oxygen atoms in total. The van der Waals surface area contributed by atoms with Gasteiger partial charge < -0.3 is 14.8 Å². The first-order chi connectivity index (χ1) is 11.1. The van der Waals surface area contributed by atoms with E-state index in [1.165, 1.54) is 5.56 Å². The van der Waals surface area contributed by atoms with Crippen LogP contribution in [0.5, 0.6) is 11.5 Å². The van der Waals surface area contributed by atoms with E-state index < -0.39 is 0 Å². The number of nitrogens with one attached hydrogen (secondary N) is 1. The maximum Gasteiger partial charge on any atom is 0.124 e. The van der Waals surface area contributed by atoms with E-state index in [0.717, 1.165) is 28.1 Å². The van der Waals surface area contributed by atoms with E-state index in [-0.39, 0.29) is 0 Å². The van der Waals surface area contributed by atoms with Gasteiger partial charge in [0.1, 0.15) is 24.7 Å². The van der Waals surface area contributed by atoms with Crippen LogP contribution < -0.4 is 14.8 Å². The summed E-state index contributed by atoms with van der Waals surface area (Å²) in [6.45, 7) is 6.18. The Hall–Kier alpha value is -1.52. The third-order valence-corrected chi connectivity index (χ3v) is 4.04. The van der Waals surface area contributed by atoms with Gasteiger partial charge in [0, 0.05) is 16.6 Å². The van der Waals surface area contributed by atoms with Gasteiger partial charge in [-0.05, 0) is 48.9 Å². The van der Waals surface area contributed by atoms with Gasteiger partial charge >= 0.3 is 0 Å². The standard InChI is InChI=1S/C19H24BrNO2/c1-14(2)15-4-7-18(8-5-15)22-10-11-23-19-9-6-17(20)12-16(19)13-21-3/h4-9,12,14,21H,10-11,13H2,1-3H3. The van der Waals surface area contributed by atoms with Crippen LogP contribution in [-0.4, -0.2) is 20.3 Å². The van der Waals surface area contributed by atoms with Crippen molar-refractivity contribution in [1.29, 1.82) is 0 Å². The van der Waals surface area contributed by atoms with Crippen LogP contribution in [0.4, 0.5) is 0 Å². The predicted octanol–water partition coefficient (Wildman–Crippen LogP) is 4.75. The van der Waals surface area contributed by atoms with Crippen LogP contribution in [0.3, 0.4) is 0 Å². The Bertz CT molecular complexity index is 611. The van der Waals surface area contributed by atoms with Crippen LogP contribution in [0.2, 0.25) is 0 Å². The lowest BCUT2D eigenvalue weighted by Gasteiger charge is -2.13. The molecular weight excluding hydrogens is 354 g/mol. The molecule has 0 aliphatic rings. The Morgan fingerprint density at radius 2 is 1.70 bits per heavy atom. The molecule has 4 heteroatoms. The highest BCUT2D eigenvalue weighted by Gasteiger charge is 2.04. The Kier molecular flexibility index (Phi) is 6.93. The van der Waals surface area contributed by atoms with Crippen molar-refractivity contribution in [2.45, 2.75) is 26.3 Å². The summed E-state index contributed by atoms with van der Waals surface area (Å²) in [5, 5.41) is 3.15. The molecular formula is C19H24BrNO2. The monoisotopic (exact) mass is 377 g/mol. The van der Waals surface area contributed by atoms with E-state index >= 15 is 0 Å². The lowest BCUT2D eigenvalue weighted by atomic mass is 10.0. The van der Waals surface area contributed by atoms with Crippen molar-refractivity contribution in [3.63, 3.8) is 0 Å². The van der Waals surface area contributed by atoms with Gasteiger partial charge in [0.25, 0.3) is 0 Å². The SMILES string of the molecule is CNCc1cc(Br)ccc1OCCOc1ccc(C(C)C)cc1. The average molecular weight is 378 g/mol. The van der Waals surface area contributed by atoms with Gasteiger partial charge in [0.05, 0.1) is 0 Å². The molecule has 0 aliphatic heterocycles. The summed E-state index contributed by atoms with van der Waals surface area (Å²) >= 11 is 3.49. The van der Waals surface area contributed by atoms with Gasteiger partial charge in [0.2, 0.25) is 0 Å². The molecule has 0 saturated carbocycles. The third-order valence-electron chi connectivity index (χ3n) is 3.55. The number of benzene rings is 2. The summed E-state index contributed by atoms with van der Waals surface area (Å²) in [6.07, 6.45) is 0. The van der Waals surface area contributed by atoms with Crippen molar-refractivity contribution in [2.75, 3.05) is 20.3 Å². The third kappa shape index (κ3) is 5.56. The molecule has 2 aromatic carbocycles. The number of hydrogen-bond donors (Lipinski definition) is 1. The Labute approximate surface area is 147 Å². The number of halogens is 1. The van der Waals surface area contributed by atoms with Crippen molar-refractivity contribution in [2.24, 2.45) is 0 Å². The molecule has 1 N–H and O–H groups in total. The minimum absolute atomic E-state index is 0.518. The molecule has 0 saturated heterocycles. The fraction of sp³-hybridized carbons (Fsp3) is 0.368. The maximum atomic E-state index is 5.84. The zero-order chi connectivity index (χ0) is 16.7. The second-order valence-corrected chi connectivity index (χ2v) is 6.62. The Morgan fingerprint density at radius 1 is 1.00 bits per heavy atom. The van der Waals surface area contributed by atoms with Gasteiger partial charge in [-0.3, -0.25) is 0 Å². The molecule has 2 aromatic rings. The van der Waals surface area contributed by atoms with Crippen LogP contribution in [-0.2, 0) is 6.54 Å². The van der Waals surface area contributed by atoms with Crippen molar-refractivity contribution >= 4 is 15.9 Å². The molecule has 0 aliphatic carbocycles. The molecule has 0 aromatic heterocycles. The van der Waals surface area contributed by atoms with Gasteiger partial charge in [-0.25, -0.2) is 0 Å². The number of hydrogen-bond acceptors (Lipinski definition) is 3. The molecule has 0 fully saturated rings. The summed E-state index contributed by atoms with van der Waals surface area (Å²) in [7, 11) is 1.93. The molecule has 0 unspecified atom stereocenters. The van der Waals surface area contributed by atoms with E-state index in [0.29, 0.717) is 19.1 Å². The molecule has 0 spiro atoms. The fourth-order valence-corrected chi connectivity index (χ4v) is 2.69. The minimum Gasteiger partial charge on any atom is -0.490 e. The van der Waals surface area contributed by atoms with Gasteiger partial charge in [-0.15, -0.1) is 0 Å². The van der Waals surface area contributed by atoms with Crippen molar-refractivity contribution in [3.8, 4) is 11.5 Å². The summed E-state index contributed by atoms with van der Waals surface area (Å²) in [5.41, 5.74) is 2.45. The van der Waals surface area contributed by atoms with E-state index in [1.54, 1.807) is 0 Å². The zero-order valence-electron chi connectivity index (χ0n) is 13.9. The molecule has 23 heavy (non-hydrogen) atoms. The van der Waals surface area contributed by atoms with Crippen molar-refractivity contribution in [3.05, 3.63) is 58.1 Å². The highest BCUT2D eigenvalue weighted by atomic mass is 79.9. The van der Waals surface area contributed by atoms with Crippen LogP contribution in [0.15, 0.2) is 46.9 Å². The first-order valence-electron chi connectivity index (χ1n) is 7.88. The number of ether oxygens (including phenoxy) is 2. The smallest absolute Gasteiger partial charge is 0.124 e. The first kappa shape index (κ1) is 17.8.